The molecular formula is C13H25ClN2O3. The van der Waals surface area contributed by atoms with Crippen LogP contribution in [-0.4, -0.2) is 51.0 Å². The summed E-state index contributed by atoms with van der Waals surface area (Å²) in [6.45, 7) is 3.90. The predicted octanol–water partition coefficient (Wildman–Crippen LogP) is 0.862. The second-order valence-electron chi connectivity index (χ2n) is 5.00. The van der Waals surface area contributed by atoms with Crippen LogP contribution in [0.2, 0.25) is 0 Å². The van der Waals surface area contributed by atoms with Gasteiger partial charge in [0.1, 0.15) is 0 Å². The number of hydrogen-bond acceptors (Lipinski definition) is 4. The van der Waals surface area contributed by atoms with Gasteiger partial charge in [-0.15, -0.1) is 12.4 Å². The van der Waals surface area contributed by atoms with E-state index in [0.717, 1.165) is 45.4 Å². The third kappa shape index (κ3) is 6.08. The van der Waals surface area contributed by atoms with Crippen LogP contribution < -0.4 is 10.6 Å². The van der Waals surface area contributed by atoms with Crippen molar-refractivity contribution in [3.05, 3.63) is 0 Å². The number of amides is 1. The predicted molar refractivity (Wildman–Crippen MR) is 75.7 cm³/mol. The molecule has 0 aromatic carbocycles. The molecule has 6 heteroatoms. The second-order valence-corrected chi connectivity index (χ2v) is 5.00. The van der Waals surface area contributed by atoms with Crippen LogP contribution in [0.1, 0.15) is 32.1 Å². The lowest BCUT2D eigenvalue weighted by Gasteiger charge is -2.22. The van der Waals surface area contributed by atoms with Gasteiger partial charge >= 0.3 is 0 Å². The second kappa shape index (κ2) is 9.53. The normalized spacial score (nSPS) is 26.7. The van der Waals surface area contributed by atoms with Gasteiger partial charge in [-0.2, -0.15) is 0 Å². The molecule has 2 unspecified atom stereocenters. The maximum Gasteiger partial charge on any atom is 0.237 e. The highest BCUT2D eigenvalue weighted by molar-refractivity contribution is 5.85. The molecule has 2 N–H and O–H groups in total. The van der Waals surface area contributed by atoms with Crippen molar-refractivity contribution in [2.24, 2.45) is 0 Å². The van der Waals surface area contributed by atoms with E-state index in [9.17, 15) is 4.79 Å². The zero-order valence-corrected chi connectivity index (χ0v) is 12.2. The summed E-state index contributed by atoms with van der Waals surface area (Å²) < 4.78 is 10.9. The van der Waals surface area contributed by atoms with Crippen LogP contribution in [0.4, 0.5) is 0 Å². The summed E-state index contributed by atoms with van der Waals surface area (Å²) >= 11 is 0. The van der Waals surface area contributed by atoms with Gasteiger partial charge in [0.15, 0.2) is 0 Å². The van der Waals surface area contributed by atoms with E-state index in [1.165, 1.54) is 6.42 Å². The van der Waals surface area contributed by atoms with Crippen molar-refractivity contribution in [2.45, 2.75) is 44.2 Å². The number of ether oxygens (including phenoxy) is 2. The van der Waals surface area contributed by atoms with Gasteiger partial charge in [0.2, 0.25) is 5.91 Å². The molecule has 0 bridgehead atoms. The van der Waals surface area contributed by atoms with Crippen molar-refractivity contribution in [1.82, 2.24) is 10.6 Å². The quantitative estimate of drug-likeness (QED) is 0.713. The fraction of sp³-hybridized carbons (Fsp3) is 0.923. The van der Waals surface area contributed by atoms with E-state index in [2.05, 4.69) is 10.6 Å². The molecule has 2 saturated heterocycles. The lowest BCUT2D eigenvalue weighted by Crippen LogP contribution is -2.46. The molecule has 19 heavy (non-hydrogen) atoms. The number of carbonyl (C=O) groups is 1. The van der Waals surface area contributed by atoms with Gasteiger partial charge in [-0.05, 0) is 32.2 Å². The molecule has 1 amide bonds. The largest absolute Gasteiger partial charge is 0.379 e. The Kier molecular flexibility index (Phi) is 8.37. The summed E-state index contributed by atoms with van der Waals surface area (Å²) in [5.41, 5.74) is 0. The summed E-state index contributed by atoms with van der Waals surface area (Å²) in [7, 11) is 0. The van der Waals surface area contributed by atoms with Crippen LogP contribution in [0, 0.1) is 0 Å². The first-order valence-corrected chi connectivity index (χ1v) is 7.07. The molecule has 2 aliphatic heterocycles. The minimum absolute atomic E-state index is 0. The highest BCUT2D eigenvalue weighted by Crippen LogP contribution is 2.08. The molecule has 0 radical (unpaired) electrons. The van der Waals surface area contributed by atoms with E-state index in [4.69, 9.17) is 9.47 Å². The van der Waals surface area contributed by atoms with Gasteiger partial charge < -0.3 is 20.1 Å². The maximum atomic E-state index is 11.8. The van der Waals surface area contributed by atoms with Crippen molar-refractivity contribution in [3.63, 3.8) is 0 Å². The van der Waals surface area contributed by atoms with Gasteiger partial charge in [-0.25, -0.2) is 0 Å². The van der Waals surface area contributed by atoms with Crippen LogP contribution in [-0.2, 0) is 14.3 Å². The Morgan fingerprint density at radius 2 is 2.26 bits per heavy atom. The fourth-order valence-electron chi connectivity index (χ4n) is 2.38. The Morgan fingerprint density at radius 1 is 1.37 bits per heavy atom. The third-order valence-corrected chi connectivity index (χ3v) is 3.49. The van der Waals surface area contributed by atoms with Crippen LogP contribution in [0.3, 0.4) is 0 Å². The monoisotopic (exact) mass is 292 g/mol. The topological polar surface area (TPSA) is 59.6 Å². The van der Waals surface area contributed by atoms with E-state index in [0.29, 0.717) is 13.2 Å². The van der Waals surface area contributed by atoms with E-state index < -0.39 is 0 Å². The molecule has 0 spiro atoms. The third-order valence-electron chi connectivity index (χ3n) is 3.49. The van der Waals surface area contributed by atoms with Gasteiger partial charge in [-0.3, -0.25) is 4.79 Å². The average molecular weight is 293 g/mol. The molecule has 2 heterocycles. The standard InChI is InChI=1S/C13H24N2O3.ClH/c16-13(12-4-1-2-6-14-12)15-7-3-8-18-11-5-9-17-10-11;/h11-12,14H,1-10H2,(H,15,16);1H. The highest BCUT2D eigenvalue weighted by Gasteiger charge is 2.19. The lowest BCUT2D eigenvalue weighted by atomic mass is 10.0. The van der Waals surface area contributed by atoms with Gasteiger partial charge in [0.25, 0.3) is 0 Å². The first kappa shape index (κ1) is 16.7. The zero-order chi connectivity index (χ0) is 12.6. The molecule has 2 rings (SSSR count). The minimum atomic E-state index is 0. The number of nitrogens with one attached hydrogen (secondary N) is 2. The molecule has 2 aliphatic rings. The van der Waals surface area contributed by atoms with E-state index in [1.807, 2.05) is 0 Å². The summed E-state index contributed by atoms with van der Waals surface area (Å²) in [4.78, 5) is 11.8. The Bertz CT molecular complexity index is 254. The Hall–Kier alpha value is -0.360. The lowest BCUT2D eigenvalue weighted by molar-refractivity contribution is -0.123. The Morgan fingerprint density at radius 3 is 2.95 bits per heavy atom. The minimum Gasteiger partial charge on any atom is -0.379 e. The van der Waals surface area contributed by atoms with E-state index in [1.54, 1.807) is 0 Å². The average Bonchev–Trinajstić information content (AvgIpc) is 2.92. The molecule has 0 saturated carbocycles. The molecule has 5 nitrogen and oxygen atoms in total. The molecule has 2 atom stereocenters. The number of hydrogen-bond donors (Lipinski definition) is 2. The Balaban J connectivity index is 0.00000180. The first-order chi connectivity index (χ1) is 8.86. The molecule has 112 valence electrons. The summed E-state index contributed by atoms with van der Waals surface area (Å²) in [5, 5.41) is 6.21. The maximum absolute atomic E-state index is 11.8. The smallest absolute Gasteiger partial charge is 0.237 e. The number of carbonyl (C=O) groups excluding carboxylic acids is 1. The van der Waals surface area contributed by atoms with Crippen LogP contribution in [0.15, 0.2) is 0 Å². The molecular weight excluding hydrogens is 268 g/mol. The number of halogens is 1. The van der Waals surface area contributed by atoms with Gasteiger partial charge in [-0.1, -0.05) is 6.42 Å². The number of rotatable bonds is 6. The fourth-order valence-corrected chi connectivity index (χ4v) is 2.38. The number of piperidine rings is 1. The van der Waals surface area contributed by atoms with Crippen molar-refractivity contribution >= 4 is 18.3 Å². The molecule has 0 aromatic heterocycles. The summed E-state index contributed by atoms with van der Waals surface area (Å²) in [6.07, 6.45) is 5.42. The van der Waals surface area contributed by atoms with Crippen LogP contribution in [0.5, 0.6) is 0 Å². The highest BCUT2D eigenvalue weighted by atomic mass is 35.5. The molecule has 0 aliphatic carbocycles. The Labute approximate surface area is 121 Å². The summed E-state index contributed by atoms with van der Waals surface area (Å²) in [6, 6.07) is 0.0166. The van der Waals surface area contributed by atoms with Crippen molar-refractivity contribution in [2.75, 3.05) is 32.9 Å². The van der Waals surface area contributed by atoms with E-state index in [-0.39, 0.29) is 30.5 Å². The van der Waals surface area contributed by atoms with E-state index >= 15 is 0 Å². The SMILES string of the molecule is Cl.O=C(NCCCOC1CCOC1)C1CCCCN1. The van der Waals surface area contributed by atoms with Crippen molar-refractivity contribution in [1.29, 1.82) is 0 Å². The first-order valence-electron chi connectivity index (χ1n) is 7.07. The molecule has 2 fully saturated rings. The van der Waals surface area contributed by atoms with Gasteiger partial charge in [0, 0.05) is 19.8 Å². The van der Waals surface area contributed by atoms with Gasteiger partial charge in [0.05, 0.1) is 18.8 Å². The van der Waals surface area contributed by atoms with Crippen LogP contribution in [0.25, 0.3) is 0 Å². The van der Waals surface area contributed by atoms with Crippen LogP contribution >= 0.6 is 12.4 Å². The van der Waals surface area contributed by atoms with Crippen molar-refractivity contribution < 1.29 is 14.3 Å². The van der Waals surface area contributed by atoms with Crippen molar-refractivity contribution in [3.8, 4) is 0 Å². The summed E-state index contributed by atoms with van der Waals surface area (Å²) in [5.74, 6) is 0.138. The molecule has 0 aromatic rings. The zero-order valence-electron chi connectivity index (χ0n) is 11.4.